The third kappa shape index (κ3) is 1.68. The van der Waals surface area contributed by atoms with E-state index < -0.39 is 0 Å². The third-order valence-electron chi connectivity index (χ3n) is 1.62. The number of carbonyl (C=O) groups excluding carboxylic acids is 1. The number of halogens is 1. The van der Waals surface area contributed by atoms with Crippen LogP contribution in [0.4, 0.5) is 0 Å². The molecule has 0 N–H and O–H groups in total. The molecule has 2 rings (SSSR count). The van der Waals surface area contributed by atoms with Gasteiger partial charge in [0.1, 0.15) is 0 Å². The van der Waals surface area contributed by atoms with E-state index in [0.29, 0.717) is 5.56 Å². The van der Waals surface area contributed by atoms with Gasteiger partial charge in [-0.25, -0.2) is 0 Å². The lowest BCUT2D eigenvalue weighted by atomic mass is 10.2. The molecule has 4 heteroatoms. The summed E-state index contributed by atoms with van der Waals surface area (Å²) in [7, 11) is 0. The summed E-state index contributed by atoms with van der Waals surface area (Å²) >= 11 is 8.59. The Labute approximate surface area is 88.6 Å². The first-order valence-electron chi connectivity index (χ1n) is 3.60. The van der Waals surface area contributed by atoms with Gasteiger partial charge in [-0.2, -0.15) is 0 Å². The molecule has 0 saturated heterocycles. The topological polar surface area (TPSA) is 17.1 Å². The Morgan fingerprint density at radius 3 is 2.69 bits per heavy atom. The summed E-state index contributed by atoms with van der Waals surface area (Å²) in [5, 5.41) is 3.48. The third-order valence-corrected chi connectivity index (χ3v) is 3.79. The molecular weight excluding hydrogens is 224 g/mol. The molecule has 66 valence electrons. The van der Waals surface area contributed by atoms with Crippen molar-refractivity contribution in [3.8, 4) is 9.75 Å². The maximum absolute atomic E-state index is 11.0. The minimum Gasteiger partial charge on any atom is -0.276 e. The van der Waals surface area contributed by atoms with Gasteiger partial charge in [0.2, 0.25) is 0 Å². The van der Waals surface area contributed by atoms with Crippen molar-refractivity contribution in [3.05, 3.63) is 34.5 Å². The molecular formula is C9H5ClOS2. The van der Waals surface area contributed by atoms with Gasteiger partial charge in [0.25, 0.3) is 5.24 Å². The van der Waals surface area contributed by atoms with Crippen LogP contribution >= 0.6 is 34.3 Å². The number of carbonyl (C=O) groups is 1. The fraction of sp³-hybridized carbons (Fsp3) is 0. The lowest BCUT2D eigenvalue weighted by Crippen LogP contribution is -1.85. The molecule has 0 unspecified atom stereocenters. The van der Waals surface area contributed by atoms with E-state index in [4.69, 9.17) is 11.6 Å². The van der Waals surface area contributed by atoms with Gasteiger partial charge in [0.05, 0.1) is 10.4 Å². The molecule has 0 aliphatic heterocycles. The molecule has 1 nitrogen and oxygen atoms in total. The SMILES string of the molecule is O=C(Cl)c1ccsc1-c1cccs1. The Balaban J connectivity index is 2.52. The molecule has 2 aromatic heterocycles. The van der Waals surface area contributed by atoms with E-state index in [1.165, 1.54) is 0 Å². The fourth-order valence-corrected chi connectivity index (χ4v) is 3.05. The Morgan fingerprint density at radius 1 is 1.23 bits per heavy atom. The highest BCUT2D eigenvalue weighted by molar-refractivity contribution is 7.20. The number of thiophene rings is 2. The smallest absolute Gasteiger partial charge is 0.253 e. The summed E-state index contributed by atoms with van der Waals surface area (Å²) in [6, 6.07) is 5.71. The molecule has 2 aromatic rings. The second kappa shape index (κ2) is 3.62. The zero-order valence-corrected chi connectivity index (χ0v) is 8.88. The first-order valence-corrected chi connectivity index (χ1v) is 5.74. The maximum Gasteiger partial charge on any atom is 0.253 e. The van der Waals surface area contributed by atoms with E-state index >= 15 is 0 Å². The van der Waals surface area contributed by atoms with E-state index in [-0.39, 0.29) is 5.24 Å². The van der Waals surface area contributed by atoms with Crippen molar-refractivity contribution in [2.24, 2.45) is 0 Å². The summed E-state index contributed by atoms with van der Waals surface area (Å²) in [5.74, 6) is 0. The number of hydrogen-bond acceptors (Lipinski definition) is 3. The van der Waals surface area contributed by atoms with Crippen molar-refractivity contribution in [2.75, 3.05) is 0 Å². The molecule has 0 atom stereocenters. The zero-order valence-electron chi connectivity index (χ0n) is 6.49. The predicted octanol–water partition coefficient (Wildman–Crippen LogP) is 3.86. The number of hydrogen-bond donors (Lipinski definition) is 0. The van der Waals surface area contributed by atoms with Gasteiger partial charge in [-0.05, 0) is 34.5 Å². The van der Waals surface area contributed by atoms with Crippen LogP contribution in [-0.2, 0) is 0 Å². The minimum absolute atomic E-state index is 0.385. The van der Waals surface area contributed by atoms with Crippen molar-refractivity contribution in [3.63, 3.8) is 0 Å². The van der Waals surface area contributed by atoms with Crippen molar-refractivity contribution in [1.82, 2.24) is 0 Å². The molecule has 0 amide bonds. The van der Waals surface area contributed by atoms with Gasteiger partial charge in [0.15, 0.2) is 0 Å². The average molecular weight is 229 g/mol. The Bertz CT molecular complexity index is 417. The molecule has 0 radical (unpaired) electrons. The van der Waals surface area contributed by atoms with E-state index in [1.807, 2.05) is 22.9 Å². The Kier molecular flexibility index (Phi) is 2.49. The summed E-state index contributed by atoms with van der Waals surface area (Å²) in [6.07, 6.45) is 0. The molecule has 0 saturated carbocycles. The van der Waals surface area contributed by atoms with Gasteiger partial charge in [-0.1, -0.05) is 6.07 Å². The second-order valence-electron chi connectivity index (χ2n) is 2.41. The Morgan fingerprint density at radius 2 is 2.08 bits per heavy atom. The lowest BCUT2D eigenvalue weighted by Gasteiger charge is -1.93. The maximum atomic E-state index is 11.0. The highest BCUT2D eigenvalue weighted by atomic mass is 35.5. The van der Waals surface area contributed by atoms with Gasteiger partial charge in [0, 0.05) is 4.88 Å². The number of rotatable bonds is 2. The van der Waals surface area contributed by atoms with Crippen molar-refractivity contribution in [2.45, 2.75) is 0 Å². The van der Waals surface area contributed by atoms with Crippen LogP contribution in [-0.4, -0.2) is 5.24 Å². The normalized spacial score (nSPS) is 10.2. The standard InChI is InChI=1S/C9H5ClOS2/c10-9(11)6-3-5-13-8(6)7-2-1-4-12-7/h1-5H. The zero-order chi connectivity index (χ0) is 9.26. The summed E-state index contributed by atoms with van der Waals surface area (Å²) in [5.41, 5.74) is 0.606. The summed E-state index contributed by atoms with van der Waals surface area (Å²) in [4.78, 5) is 13.1. The molecule has 0 aliphatic rings. The van der Waals surface area contributed by atoms with Crippen LogP contribution in [0.3, 0.4) is 0 Å². The van der Waals surface area contributed by atoms with Crippen molar-refractivity contribution < 1.29 is 4.79 Å². The largest absolute Gasteiger partial charge is 0.276 e. The van der Waals surface area contributed by atoms with Crippen LogP contribution in [0.25, 0.3) is 9.75 Å². The van der Waals surface area contributed by atoms with Gasteiger partial charge in [-0.15, -0.1) is 22.7 Å². The van der Waals surface area contributed by atoms with Gasteiger partial charge < -0.3 is 0 Å². The molecule has 2 heterocycles. The van der Waals surface area contributed by atoms with Crippen LogP contribution < -0.4 is 0 Å². The monoisotopic (exact) mass is 228 g/mol. The molecule has 0 spiro atoms. The quantitative estimate of drug-likeness (QED) is 0.714. The molecule has 0 fully saturated rings. The highest BCUT2D eigenvalue weighted by Gasteiger charge is 2.12. The van der Waals surface area contributed by atoms with Crippen LogP contribution in [0, 0.1) is 0 Å². The first kappa shape index (κ1) is 8.94. The Hall–Kier alpha value is -0.640. The van der Waals surface area contributed by atoms with Crippen LogP contribution in [0.15, 0.2) is 29.0 Å². The molecule has 13 heavy (non-hydrogen) atoms. The van der Waals surface area contributed by atoms with E-state index in [9.17, 15) is 4.79 Å². The van der Waals surface area contributed by atoms with E-state index in [1.54, 1.807) is 28.7 Å². The lowest BCUT2D eigenvalue weighted by molar-refractivity contribution is 0.108. The van der Waals surface area contributed by atoms with Crippen LogP contribution in [0.2, 0.25) is 0 Å². The highest BCUT2D eigenvalue weighted by Crippen LogP contribution is 2.33. The predicted molar refractivity (Wildman–Crippen MR) is 57.8 cm³/mol. The van der Waals surface area contributed by atoms with Crippen molar-refractivity contribution in [1.29, 1.82) is 0 Å². The van der Waals surface area contributed by atoms with E-state index in [0.717, 1.165) is 9.75 Å². The molecule has 0 aromatic carbocycles. The summed E-state index contributed by atoms with van der Waals surface area (Å²) in [6.45, 7) is 0. The van der Waals surface area contributed by atoms with E-state index in [2.05, 4.69) is 0 Å². The minimum atomic E-state index is -0.385. The fourth-order valence-electron chi connectivity index (χ4n) is 1.06. The second-order valence-corrected chi connectivity index (χ2v) is 4.62. The molecule has 0 aliphatic carbocycles. The van der Waals surface area contributed by atoms with Gasteiger partial charge >= 0.3 is 0 Å². The van der Waals surface area contributed by atoms with Crippen LogP contribution in [0.5, 0.6) is 0 Å². The average Bonchev–Trinajstić information content (AvgIpc) is 2.74. The van der Waals surface area contributed by atoms with Crippen LogP contribution in [0.1, 0.15) is 10.4 Å². The first-order chi connectivity index (χ1) is 6.29. The van der Waals surface area contributed by atoms with Crippen molar-refractivity contribution >= 4 is 39.5 Å². The molecule has 0 bridgehead atoms. The van der Waals surface area contributed by atoms with Gasteiger partial charge in [-0.3, -0.25) is 4.79 Å². The summed E-state index contributed by atoms with van der Waals surface area (Å²) < 4.78 is 0.